The molecule has 0 spiro atoms. The van der Waals surface area contributed by atoms with Crippen LogP contribution in [0.3, 0.4) is 0 Å². The maximum atomic E-state index is 11.9. The number of amides is 1. The number of hydrogen-bond donors (Lipinski definition) is 1. The molecule has 3 nitrogen and oxygen atoms in total. The predicted molar refractivity (Wildman–Crippen MR) is 86.5 cm³/mol. The summed E-state index contributed by atoms with van der Waals surface area (Å²) in [4.78, 5) is 11.9. The Morgan fingerprint density at radius 1 is 1.14 bits per heavy atom. The van der Waals surface area contributed by atoms with Crippen molar-refractivity contribution in [2.45, 2.75) is 13.8 Å². The Bertz CT molecular complexity index is 651. The zero-order chi connectivity index (χ0) is 15.4. The largest absolute Gasteiger partial charge is 0.483 e. The fourth-order valence-electron chi connectivity index (χ4n) is 1.94. The van der Waals surface area contributed by atoms with Crippen LogP contribution in [0, 0.1) is 13.8 Å². The van der Waals surface area contributed by atoms with E-state index in [0.29, 0.717) is 15.7 Å². The van der Waals surface area contributed by atoms with Gasteiger partial charge in [-0.25, -0.2) is 0 Å². The molecule has 0 atom stereocenters. The molecule has 110 valence electrons. The zero-order valence-corrected chi connectivity index (χ0v) is 13.3. The lowest BCUT2D eigenvalue weighted by molar-refractivity contribution is -0.118. The van der Waals surface area contributed by atoms with Crippen LogP contribution < -0.4 is 10.1 Å². The first-order valence-electron chi connectivity index (χ1n) is 6.41. The van der Waals surface area contributed by atoms with Crippen molar-refractivity contribution in [2.75, 3.05) is 11.9 Å². The van der Waals surface area contributed by atoms with E-state index in [1.807, 2.05) is 32.0 Å². The zero-order valence-electron chi connectivity index (χ0n) is 11.7. The number of aryl methyl sites for hydroxylation is 2. The van der Waals surface area contributed by atoms with E-state index in [1.165, 1.54) is 0 Å². The van der Waals surface area contributed by atoms with E-state index >= 15 is 0 Å². The monoisotopic (exact) mass is 323 g/mol. The van der Waals surface area contributed by atoms with Gasteiger partial charge in [-0.1, -0.05) is 41.4 Å². The number of hydrogen-bond acceptors (Lipinski definition) is 2. The Kier molecular flexibility index (Phi) is 5.10. The first-order valence-corrected chi connectivity index (χ1v) is 7.17. The van der Waals surface area contributed by atoms with E-state index in [4.69, 9.17) is 27.9 Å². The normalized spacial score (nSPS) is 10.3. The molecule has 5 heteroatoms. The highest BCUT2D eigenvalue weighted by molar-refractivity contribution is 6.35. The van der Waals surface area contributed by atoms with Crippen LogP contribution >= 0.6 is 23.2 Å². The SMILES string of the molecule is Cc1cccc(C)c1OCC(=O)Nc1cc(Cl)ccc1Cl. The third kappa shape index (κ3) is 4.13. The highest BCUT2D eigenvalue weighted by Crippen LogP contribution is 2.26. The van der Waals surface area contributed by atoms with Crippen molar-refractivity contribution in [1.29, 1.82) is 0 Å². The number of carbonyl (C=O) groups is 1. The Morgan fingerprint density at radius 3 is 2.48 bits per heavy atom. The van der Waals surface area contributed by atoms with Gasteiger partial charge in [0.15, 0.2) is 6.61 Å². The van der Waals surface area contributed by atoms with Gasteiger partial charge < -0.3 is 10.1 Å². The Labute approximate surface area is 133 Å². The van der Waals surface area contributed by atoms with Crippen molar-refractivity contribution in [3.05, 3.63) is 57.6 Å². The molecule has 0 fully saturated rings. The van der Waals surface area contributed by atoms with E-state index in [-0.39, 0.29) is 12.5 Å². The van der Waals surface area contributed by atoms with Crippen LogP contribution in [0.5, 0.6) is 5.75 Å². The van der Waals surface area contributed by atoms with Crippen LogP contribution in [0.1, 0.15) is 11.1 Å². The molecule has 1 amide bonds. The first-order chi connectivity index (χ1) is 9.97. The third-order valence-electron chi connectivity index (χ3n) is 2.96. The number of para-hydroxylation sites is 1. The average molecular weight is 324 g/mol. The number of nitrogens with one attached hydrogen (secondary N) is 1. The van der Waals surface area contributed by atoms with Gasteiger partial charge in [0.25, 0.3) is 5.91 Å². The molecule has 0 unspecified atom stereocenters. The van der Waals surface area contributed by atoms with Gasteiger partial charge >= 0.3 is 0 Å². The maximum absolute atomic E-state index is 11.9. The molecule has 0 aliphatic heterocycles. The molecule has 0 saturated heterocycles. The molecule has 1 N–H and O–H groups in total. The topological polar surface area (TPSA) is 38.3 Å². The van der Waals surface area contributed by atoms with Gasteiger partial charge in [-0.3, -0.25) is 4.79 Å². The highest BCUT2D eigenvalue weighted by atomic mass is 35.5. The fraction of sp³-hybridized carbons (Fsp3) is 0.188. The van der Waals surface area contributed by atoms with Gasteiger partial charge in [-0.2, -0.15) is 0 Å². The minimum absolute atomic E-state index is 0.0888. The summed E-state index contributed by atoms with van der Waals surface area (Å²) in [6.07, 6.45) is 0. The van der Waals surface area contributed by atoms with Crippen molar-refractivity contribution >= 4 is 34.8 Å². The van der Waals surface area contributed by atoms with Crippen molar-refractivity contribution in [3.8, 4) is 5.75 Å². The molecular formula is C16H15Cl2NO2. The molecule has 2 rings (SSSR count). The first kappa shape index (κ1) is 15.7. The fourth-order valence-corrected chi connectivity index (χ4v) is 2.28. The van der Waals surface area contributed by atoms with Crippen LogP contribution in [-0.4, -0.2) is 12.5 Å². The molecule has 0 saturated carbocycles. The number of halogens is 2. The molecule has 0 aliphatic rings. The smallest absolute Gasteiger partial charge is 0.262 e. The lowest BCUT2D eigenvalue weighted by Crippen LogP contribution is -2.20. The summed E-state index contributed by atoms with van der Waals surface area (Å²) in [7, 11) is 0. The van der Waals surface area contributed by atoms with Crippen molar-refractivity contribution in [2.24, 2.45) is 0 Å². The van der Waals surface area contributed by atoms with Gasteiger partial charge in [-0.05, 0) is 43.2 Å². The number of carbonyl (C=O) groups excluding carboxylic acids is 1. The quantitative estimate of drug-likeness (QED) is 0.890. The van der Waals surface area contributed by atoms with Gasteiger partial charge in [-0.15, -0.1) is 0 Å². The molecule has 0 radical (unpaired) electrons. The van der Waals surface area contributed by atoms with E-state index in [1.54, 1.807) is 18.2 Å². The molecule has 0 aromatic heterocycles. The minimum Gasteiger partial charge on any atom is -0.483 e. The third-order valence-corrected chi connectivity index (χ3v) is 3.52. The van der Waals surface area contributed by atoms with Crippen LogP contribution in [0.4, 0.5) is 5.69 Å². The van der Waals surface area contributed by atoms with Gasteiger partial charge in [0, 0.05) is 5.02 Å². The highest BCUT2D eigenvalue weighted by Gasteiger charge is 2.09. The summed E-state index contributed by atoms with van der Waals surface area (Å²) in [5, 5.41) is 3.62. The van der Waals surface area contributed by atoms with E-state index in [9.17, 15) is 4.79 Å². The summed E-state index contributed by atoms with van der Waals surface area (Å²) in [6, 6.07) is 10.7. The van der Waals surface area contributed by atoms with Crippen LogP contribution in [0.15, 0.2) is 36.4 Å². The number of rotatable bonds is 4. The summed E-state index contributed by atoms with van der Waals surface area (Å²) in [5.41, 5.74) is 2.45. The summed E-state index contributed by atoms with van der Waals surface area (Å²) >= 11 is 11.9. The van der Waals surface area contributed by atoms with Gasteiger partial charge in [0.2, 0.25) is 0 Å². The number of benzene rings is 2. The molecular weight excluding hydrogens is 309 g/mol. The predicted octanol–water partition coefficient (Wildman–Crippen LogP) is 4.63. The lowest BCUT2D eigenvalue weighted by atomic mass is 10.1. The van der Waals surface area contributed by atoms with Gasteiger partial charge in [0.05, 0.1) is 10.7 Å². The molecule has 0 heterocycles. The number of ether oxygens (including phenoxy) is 1. The van der Waals surface area contributed by atoms with Crippen molar-refractivity contribution in [3.63, 3.8) is 0 Å². The van der Waals surface area contributed by atoms with Crippen molar-refractivity contribution in [1.82, 2.24) is 0 Å². The number of anilines is 1. The summed E-state index contributed by atoms with van der Waals surface area (Å²) < 4.78 is 5.58. The molecule has 0 bridgehead atoms. The molecule has 2 aromatic rings. The molecule has 0 aliphatic carbocycles. The van der Waals surface area contributed by atoms with E-state index < -0.39 is 0 Å². The van der Waals surface area contributed by atoms with Gasteiger partial charge in [0.1, 0.15) is 5.75 Å². The second-order valence-corrected chi connectivity index (χ2v) is 5.53. The van der Waals surface area contributed by atoms with Crippen LogP contribution in [0.2, 0.25) is 10.0 Å². The van der Waals surface area contributed by atoms with E-state index in [2.05, 4.69) is 5.32 Å². The van der Waals surface area contributed by atoms with Crippen molar-refractivity contribution < 1.29 is 9.53 Å². The van der Waals surface area contributed by atoms with Crippen LogP contribution in [-0.2, 0) is 4.79 Å². The molecule has 2 aromatic carbocycles. The second-order valence-electron chi connectivity index (χ2n) is 4.68. The van der Waals surface area contributed by atoms with E-state index in [0.717, 1.165) is 16.9 Å². The summed E-state index contributed by atoms with van der Waals surface area (Å²) in [5.74, 6) is 0.437. The second kappa shape index (κ2) is 6.83. The Morgan fingerprint density at radius 2 is 1.81 bits per heavy atom. The maximum Gasteiger partial charge on any atom is 0.262 e. The summed E-state index contributed by atoms with van der Waals surface area (Å²) in [6.45, 7) is 3.79. The minimum atomic E-state index is -0.290. The van der Waals surface area contributed by atoms with Crippen LogP contribution in [0.25, 0.3) is 0 Å². The Hall–Kier alpha value is -1.71. The Balaban J connectivity index is 2.01. The lowest BCUT2D eigenvalue weighted by Gasteiger charge is -2.12. The molecule has 21 heavy (non-hydrogen) atoms. The standard InChI is InChI=1S/C16H15Cl2NO2/c1-10-4-3-5-11(2)16(10)21-9-15(20)19-14-8-12(17)6-7-13(14)18/h3-8H,9H2,1-2H3,(H,19,20). The average Bonchev–Trinajstić information content (AvgIpc) is 2.42.